The zero-order valence-corrected chi connectivity index (χ0v) is 29.3. The van der Waals surface area contributed by atoms with E-state index in [0.29, 0.717) is 50.7 Å². The number of aromatic hydroxyl groups is 1. The Bertz CT molecular complexity index is 2060. The Balaban J connectivity index is 1.38. The summed E-state index contributed by atoms with van der Waals surface area (Å²) in [5, 5.41) is 22.1. The van der Waals surface area contributed by atoms with Crippen LogP contribution in [0.15, 0.2) is 47.8 Å². The summed E-state index contributed by atoms with van der Waals surface area (Å²) in [6, 6.07) is 13.8. The van der Waals surface area contributed by atoms with Crippen molar-refractivity contribution in [2.45, 2.75) is 71.7 Å². The molecule has 2 aromatic carbocycles. The Morgan fingerprint density at radius 2 is 2.02 bits per heavy atom. The smallest absolute Gasteiger partial charge is 0.306 e. The van der Waals surface area contributed by atoms with Crippen LogP contribution in [-0.4, -0.2) is 75.6 Å². The topological polar surface area (TPSA) is 137 Å². The SMILES string of the molecule is CCOC(=O)CC(c1cc(CN2Cc3nc(O)ccc3O[C@H](CC)C2)c2sccc2c1)c1ccc2c(nnn2CCCS(C)(=O)=O)c1C. The van der Waals surface area contributed by atoms with E-state index in [4.69, 9.17) is 9.47 Å². The molecule has 0 spiro atoms. The van der Waals surface area contributed by atoms with Crippen LogP contribution in [0.1, 0.15) is 67.0 Å². The first kappa shape index (κ1) is 33.8. The van der Waals surface area contributed by atoms with Crippen LogP contribution in [0.25, 0.3) is 21.1 Å². The van der Waals surface area contributed by atoms with Gasteiger partial charge in [-0.25, -0.2) is 18.1 Å². The monoisotopic (exact) mass is 691 g/mol. The molecule has 0 saturated carbocycles. The van der Waals surface area contributed by atoms with Crippen LogP contribution in [-0.2, 0) is 39.0 Å². The Labute approximate surface area is 284 Å². The van der Waals surface area contributed by atoms with Gasteiger partial charge in [-0.2, -0.15) is 0 Å². The van der Waals surface area contributed by atoms with Gasteiger partial charge in [0.2, 0.25) is 5.88 Å². The predicted octanol–water partition coefficient (Wildman–Crippen LogP) is 5.75. The number of fused-ring (bicyclic) bond motifs is 3. The molecule has 0 fully saturated rings. The van der Waals surface area contributed by atoms with Crippen molar-refractivity contribution in [2.24, 2.45) is 0 Å². The van der Waals surface area contributed by atoms with E-state index in [-0.39, 0.29) is 36.0 Å². The number of benzene rings is 2. The number of ether oxygens (including phenoxy) is 2. The minimum Gasteiger partial charge on any atom is -0.493 e. The van der Waals surface area contributed by atoms with Crippen LogP contribution >= 0.6 is 11.3 Å². The van der Waals surface area contributed by atoms with Gasteiger partial charge >= 0.3 is 5.97 Å². The first-order valence-corrected chi connectivity index (χ1v) is 19.2. The number of carbonyl (C=O) groups excluding carboxylic acids is 1. The number of thiophene rings is 1. The Kier molecular flexibility index (Phi) is 10.00. The van der Waals surface area contributed by atoms with Gasteiger partial charge in [-0.15, -0.1) is 16.4 Å². The molecular weight excluding hydrogens is 651 g/mol. The summed E-state index contributed by atoms with van der Waals surface area (Å²) < 4.78 is 38.0. The molecule has 1 unspecified atom stereocenters. The lowest BCUT2D eigenvalue weighted by Crippen LogP contribution is -2.32. The summed E-state index contributed by atoms with van der Waals surface area (Å²) >= 11 is 1.69. The Morgan fingerprint density at radius 3 is 2.79 bits per heavy atom. The van der Waals surface area contributed by atoms with Crippen LogP contribution in [0.5, 0.6) is 11.6 Å². The van der Waals surface area contributed by atoms with E-state index in [1.54, 1.807) is 28.2 Å². The second kappa shape index (κ2) is 14.2. The quantitative estimate of drug-likeness (QED) is 0.161. The average molecular weight is 692 g/mol. The minimum absolute atomic E-state index is 0.0228. The minimum atomic E-state index is -3.08. The second-order valence-corrected chi connectivity index (χ2v) is 15.6. The van der Waals surface area contributed by atoms with Gasteiger partial charge in [0.05, 0.1) is 24.3 Å². The maximum Gasteiger partial charge on any atom is 0.306 e. The van der Waals surface area contributed by atoms with Crippen LogP contribution in [0, 0.1) is 6.92 Å². The maximum atomic E-state index is 13.1. The van der Waals surface area contributed by atoms with Crippen molar-refractivity contribution in [1.29, 1.82) is 0 Å². The maximum absolute atomic E-state index is 13.1. The van der Waals surface area contributed by atoms with Crippen LogP contribution in [0.4, 0.5) is 0 Å². The van der Waals surface area contributed by atoms with Crippen molar-refractivity contribution in [2.75, 3.05) is 25.2 Å². The first-order chi connectivity index (χ1) is 23.0. The summed E-state index contributed by atoms with van der Waals surface area (Å²) in [5.41, 5.74) is 6.27. The van der Waals surface area contributed by atoms with E-state index < -0.39 is 9.84 Å². The molecular formula is C35H41N5O6S2. The molecule has 254 valence electrons. The van der Waals surface area contributed by atoms with Gasteiger partial charge in [-0.1, -0.05) is 24.3 Å². The number of aryl methyl sites for hydroxylation is 2. The normalized spacial score (nSPS) is 16.0. The Morgan fingerprint density at radius 1 is 1.19 bits per heavy atom. The number of pyridine rings is 1. The molecule has 0 bridgehead atoms. The summed E-state index contributed by atoms with van der Waals surface area (Å²) in [4.78, 5) is 19.8. The van der Waals surface area contributed by atoms with Crippen LogP contribution in [0.2, 0.25) is 0 Å². The number of esters is 1. The van der Waals surface area contributed by atoms with Gasteiger partial charge in [0.25, 0.3) is 0 Å². The highest BCUT2D eigenvalue weighted by Crippen LogP contribution is 2.38. The van der Waals surface area contributed by atoms with Gasteiger partial charge in [0.1, 0.15) is 32.9 Å². The summed E-state index contributed by atoms with van der Waals surface area (Å²) in [6.07, 6.45) is 2.64. The van der Waals surface area contributed by atoms with Crippen molar-refractivity contribution in [1.82, 2.24) is 24.9 Å². The molecule has 0 saturated heterocycles. The van der Waals surface area contributed by atoms with Gasteiger partial charge < -0.3 is 14.6 Å². The molecule has 11 nitrogen and oxygen atoms in total. The average Bonchev–Trinajstić information content (AvgIpc) is 3.64. The fourth-order valence-corrected chi connectivity index (χ4v) is 8.09. The highest BCUT2D eigenvalue weighted by molar-refractivity contribution is 7.90. The second-order valence-electron chi connectivity index (χ2n) is 12.5. The van der Waals surface area contributed by atoms with Gasteiger partial charge in [0, 0.05) is 49.1 Å². The Hall–Kier alpha value is -4.07. The van der Waals surface area contributed by atoms with Crippen molar-refractivity contribution in [3.05, 3.63) is 75.8 Å². The molecule has 0 radical (unpaired) electrons. The highest BCUT2D eigenvalue weighted by Gasteiger charge is 2.27. The van der Waals surface area contributed by atoms with E-state index in [1.165, 1.54) is 11.0 Å². The molecule has 3 aromatic heterocycles. The van der Waals surface area contributed by atoms with E-state index in [1.807, 2.05) is 26.0 Å². The summed E-state index contributed by atoms with van der Waals surface area (Å²) in [6.45, 7) is 8.50. The van der Waals surface area contributed by atoms with E-state index in [2.05, 4.69) is 50.7 Å². The fourth-order valence-electron chi connectivity index (χ4n) is 6.55. The van der Waals surface area contributed by atoms with Crippen molar-refractivity contribution in [3.63, 3.8) is 0 Å². The summed E-state index contributed by atoms with van der Waals surface area (Å²) in [7, 11) is -3.08. The molecule has 0 amide bonds. The van der Waals surface area contributed by atoms with E-state index in [9.17, 15) is 18.3 Å². The number of nitrogens with zero attached hydrogens (tertiary/aromatic N) is 5. The van der Waals surface area contributed by atoms with Gasteiger partial charge in [-0.05, 0) is 84.0 Å². The van der Waals surface area contributed by atoms with Crippen molar-refractivity contribution >= 4 is 48.3 Å². The summed E-state index contributed by atoms with van der Waals surface area (Å²) in [5.74, 6) is 0.163. The zero-order valence-electron chi connectivity index (χ0n) is 27.7. The molecule has 1 N–H and O–H groups in total. The number of hydrogen-bond acceptors (Lipinski definition) is 11. The largest absolute Gasteiger partial charge is 0.493 e. The lowest BCUT2D eigenvalue weighted by Gasteiger charge is -2.25. The standard InChI is InChI=1S/C35H41N5O6S2/c1-5-26-20-39(21-29-31(46-26)10-11-32(41)36-29)19-25-17-24(16-23-12-14-47-35(23)25)28(18-33(42)45-6-2)27-8-9-30-34(22(27)3)37-38-40(30)13-7-15-48(4,43)44/h8-12,14,16-17,26,28H,5-7,13,15,18-21H2,1-4H3,(H,36,41)/t26-,28?/m1/s1. The predicted molar refractivity (Wildman–Crippen MR) is 186 cm³/mol. The lowest BCUT2D eigenvalue weighted by atomic mass is 9.84. The molecule has 1 aliphatic heterocycles. The van der Waals surface area contributed by atoms with E-state index in [0.717, 1.165) is 45.1 Å². The number of rotatable bonds is 12. The molecule has 0 aliphatic carbocycles. The lowest BCUT2D eigenvalue weighted by molar-refractivity contribution is -0.143. The van der Waals surface area contributed by atoms with E-state index >= 15 is 0 Å². The first-order valence-electron chi connectivity index (χ1n) is 16.3. The van der Waals surface area contributed by atoms with Crippen molar-refractivity contribution in [3.8, 4) is 11.6 Å². The molecule has 6 rings (SSSR count). The number of hydrogen-bond donors (Lipinski definition) is 1. The number of sulfone groups is 1. The third-order valence-corrected chi connectivity index (χ3v) is 10.9. The highest BCUT2D eigenvalue weighted by atomic mass is 32.2. The molecule has 1 aliphatic rings. The molecule has 2 atom stereocenters. The zero-order chi connectivity index (χ0) is 34.0. The molecule has 5 aromatic rings. The number of aromatic nitrogens is 4. The van der Waals surface area contributed by atoms with Gasteiger partial charge in [-0.3, -0.25) is 9.69 Å². The van der Waals surface area contributed by atoms with Crippen molar-refractivity contribution < 1.29 is 27.8 Å². The fraction of sp³-hybridized carbons (Fsp3) is 0.429. The number of carbonyl (C=O) groups is 1. The molecule has 48 heavy (non-hydrogen) atoms. The molecule has 13 heteroatoms. The third kappa shape index (κ3) is 7.48. The van der Waals surface area contributed by atoms with Crippen LogP contribution in [0.3, 0.4) is 0 Å². The van der Waals surface area contributed by atoms with Crippen LogP contribution < -0.4 is 4.74 Å². The molecule has 4 heterocycles. The third-order valence-electron chi connectivity index (χ3n) is 8.87. The van der Waals surface area contributed by atoms with Gasteiger partial charge in [0.15, 0.2) is 0 Å².